The Hall–Kier alpha value is -0.940. The lowest BCUT2D eigenvalue weighted by atomic mass is 9.99. The summed E-state index contributed by atoms with van der Waals surface area (Å²) in [5.41, 5.74) is 4.08. The molecule has 3 N–H and O–H groups in total. The normalized spacial score (nSPS) is 12.4. The average Bonchev–Trinajstić information content (AvgIpc) is 2.41. The van der Waals surface area contributed by atoms with Gasteiger partial charge in [0.15, 0.2) is 0 Å². The summed E-state index contributed by atoms with van der Waals surface area (Å²) in [6.45, 7) is 0. The van der Waals surface area contributed by atoms with E-state index < -0.39 is 0 Å². The van der Waals surface area contributed by atoms with Crippen LogP contribution in [-0.4, -0.2) is 0 Å². The molecule has 0 fully saturated rings. The number of rotatable bonds is 4. The van der Waals surface area contributed by atoms with Gasteiger partial charge >= 0.3 is 0 Å². The number of hydrogen-bond donors (Lipinski definition) is 2. The smallest absolute Gasteiger partial charge is 0.142 e. The Morgan fingerprint density at radius 1 is 1.21 bits per heavy atom. The number of halogens is 3. The lowest BCUT2D eigenvalue weighted by Gasteiger charge is -2.18. The molecule has 0 aliphatic rings. The Balaban J connectivity index is 2.31. The summed E-state index contributed by atoms with van der Waals surface area (Å²) in [6, 6.07) is 12.3. The highest BCUT2D eigenvalue weighted by Crippen LogP contribution is 2.27. The first-order chi connectivity index (χ1) is 9.13. The molecule has 2 rings (SSSR count). The maximum absolute atomic E-state index is 14.1. The van der Waals surface area contributed by atoms with E-state index in [4.69, 9.17) is 17.4 Å². The molecule has 0 saturated heterocycles. The molecule has 2 nitrogen and oxygen atoms in total. The zero-order valence-corrected chi connectivity index (χ0v) is 12.4. The minimum absolute atomic E-state index is 0.308. The predicted molar refractivity (Wildman–Crippen MR) is 79.3 cm³/mol. The molecular weight excluding hydrogens is 331 g/mol. The third-order valence-corrected chi connectivity index (χ3v) is 3.92. The molecule has 1 atom stereocenters. The van der Waals surface area contributed by atoms with Gasteiger partial charge in [0.1, 0.15) is 5.82 Å². The van der Waals surface area contributed by atoms with E-state index in [1.807, 2.05) is 24.3 Å². The maximum atomic E-state index is 14.1. The van der Waals surface area contributed by atoms with Gasteiger partial charge in [0.25, 0.3) is 0 Å². The SMILES string of the molecule is NNC(Cc1ccccc1Cl)c1cccc(Br)c1F. The number of hydrogen-bond acceptors (Lipinski definition) is 2. The lowest BCUT2D eigenvalue weighted by Crippen LogP contribution is -2.30. The van der Waals surface area contributed by atoms with E-state index in [1.54, 1.807) is 18.2 Å². The van der Waals surface area contributed by atoms with Crippen LogP contribution in [0.25, 0.3) is 0 Å². The number of nitrogens with one attached hydrogen (secondary N) is 1. The van der Waals surface area contributed by atoms with Crippen LogP contribution in [0.2, 0.25) is 5.02 Å². The van der Waals surface area contributed by atoms with Crippen molar-refractivity contribution in [2.45, 2.75) is 12.5 Å². The van der Waals surface area contributed by atoms with Crippen molar-refractivity contribution in [1.29, 1.82) is 0 Å². The molecule has 0 aliphatic carbocycles. The molecule has 1 unspecified atom stereocenters. The highest BCUT2D eigenvalue weighted by molar-refractivity contribution is 9.10. The second-order valence-electron chi connectivity index (χ2n) is 4.16. The summed E-state index contributed by atoms with van der Waals surface area (Å²) in [6.07, 6.45) is 0.517. The molecular formula is C14H13BrClFN2. The zero-order chi connectivity index (χ0) is 13.8. The van der Waals surface area contributed by atoms with Crippen LogP contribution >= 0.6 is 27.5 Å². The van der Waals surface area contributed by atoms with Gasteiger partial charge in [0.2, 0.25) is 0 Å². The van der Waals surface area contributed by atoms with Crippen molar-refractivity contribution in [3.63, 3.8) is 0 Å². The molecule has 0 bridgehead atoms. The first-order valence-electron chi connectivity index (χ1n) is 5.77. The van der Waals surface area contributed by atoms with Crippen molar-refractivity contribution in [2.75, 3.05) is 0 Å². The average molecular weight is 344 g/mol. The standard InChI is InChI=1S/C14H13BrClFN2/c15-11-6-3-5-10(14(11)17)13(19-18)8-9-4-1-2-7-12(9)16/h1-7,13,19H,8,18H2. The van der Waals surface area contributed by atoms with Crippen LogP contribution in [0.5, 0.6) is 0 Å². The Labute approximate surface area is 124 Å². The topological polar surface area (TPSA) is 38.0 Å². The van der Waals surface area contributed by atoms with Gasteiger partial charge in [0, 0.05) is 10.6 Å². The van der Waals surface area contributed by atoms with Crippen molar-refractivity contribution in [2.24, 2.45) is 5.84 Å². The molecule has 2 aromatic rings. The van der Waals surface area contributed by atoms with E-state index >= 15 is 0 Å². The number of nitrogens with two attached hydrogens (primary N) is 1. The number of benzene rings is 2. The molecule has 100 valence electrons. The molecule has 0 spiro atoms. The van der Waals surface area contributed by atoms with Crippen LogP contribution in [0.3, 0.4) is 0 Å². The summed E-state index contributed by atoms with van der Waals surface area (Å²) >= 11 is 9.29. The fraction of sp³-hybridized carbons (Fsp3) is 0.143. The largest absolute Gasteiger partial charge is 0.271 e. The van der Waals surface area contributed by atoms with E-state index in [9.17, 15) is 4.39 Å². The van der Waals surface area contributed by atoms with E-state index in [1.165, 1.54) is 0 Å². The van der Waals surface area contributed by atoms with E-state index in [0.717, 1.165) is 5.56 Å². The van der Waals surface area contributed by atoms with E-state index in [2.05, 4.69) is 21.4 Å². The molecule has 2 aromatic carbocycles. The third kappa shape index (κ3) is 3.34. The quantitative estimate of drug-likeness (QED) is 0.651. The zero-order valence-electron chi connectivity index (χ0n) is 10.0. The Kier molecular flexibility index (Phi) is 4.93. The van der Waals surface area contributed by atoms with Crippen LogP contribution in [0.4, 0.5) is 4.39 Å². The van der Waals surface area contributed by atoms with Gasteiger partial charge in [-0.05, 0) is 40.0 Å². The van der Waals surface area contributed by atoms with Gasteiger partial charge in [-0.3, -0.25) is 11.3 Å². The van der Waals surface area contributed by atoms with Gasteiger partial charge in [-0.25, -0.2) is 4.39 Å². The summed E-state index contributed by atoms with van der Waals surface area (Å²) in [7, 11) is 0. The van der Waals surface area contributed by atoms with Crippen LogP contribution in [0.15, 0.2) is 46.9 Å². The fourth-order valence-electron chi connectivity index (χ4n) is 1.93. The molecule has 0 heterocycles. The van der Waals surface area contributed by atoms with Crippen LogP contribution in [0.1, 0.15) is 17.2 Å². The maximum Gasteiger partial charge on any atom is 0.142 e. The Morgan fingerprint density at radius 3 is 2.63 bits per heavy atom. The van der Waals surface area contributed by atoms with Gasteiger partial charge in [0.05, 0.1) is 10.5 Å². The summed E-state index contributed by atoms with van der Waals surface area (Å²) in [5.74, 6) is 5.24. The molecule has 19 heavy (non-hydrogen) atoms. The molecule has 0 aliphatic heterocycles. The summed E-state index contributed by atoms with van der Waals surface area (Å²) in [5, 5.41) is 0.651. The predicted octanol–water partition coefficient (Wildman–Crippen LogP) is 3.99. The highest BCUT2D eigenvalue weighted by atomic mass is 79.9. The second kappa shape index (κ2) is 6.48. The van der Waals surface area contributed by atoms with E-state index in [-0.39, 0.29) is 11.9 Å². The van der Waals surface area contributed by atoms with Crippen molar-refractivity contribution in [3.8, 4) is 0 Å². The minimum atomic E-state index is -0.336. The first-order valence-corrected chi connectivity index (χ1v) is 6.94. The molecule has 0 aromatic heterocycles. The summed E-state index contributed by atoms with van der Waals surface area (Å²) < 4.78 is 14.5. The molecule has 0 saturated carbocycles. The summed E-state index contributed by atoms with van der Waals surface area (Å²) in [4.78, 5) is 0. The van der Waals surface area contributed by atoms with Crippen molar-refractivity contribution in [1.82, 2.24) is 5.43 Å². The van der Waals surface area contributed by atoms with Gasteiger partial charge in [-0.2, -0.15) is 0 Å². The minimum Gasteiger partial charge on any atom is -0.271 e. The van der Waals surface area contributed by atoms with Crippen molar-refractivity contribution in [3.05, 3.63) is 68.9 Å². The monoisotopic (exact) mass is 342 g/mol. The second-order valence-corrected chi connectivity index (χ2v) is 5.42. The third-order valence-electron chi connectivity index (χ3n) is 2.94. The molecule has 0 radical (unpaired) electrons. The Morgan fingerprint density at radius 2 is 1.95 bits per heavy atom. The number of hydrazine groups is 1. The van der Waals surface area contributed by atoms with Crippen molar-refractivity contribution < 1.29 is 4.39 Å². The van der Waals surface area contributed by atoms with Gasteiger partial charge < -0.3 is 0 Å². The Bertz CT molecular complexity index is 577. The molecule has 0 amide bonds. The van der Waals surface area contributed by atoms with E-state index in [0.29, 0.717) is 21.5 Å². The fourth-order valence-corrected chi connectivity index (χ4v) is 2.53. The van der Waals surface area contributed by atoms with Crippen LogP contribution in [-0.2, 0) is 6.42 Å². The van der Waals surface area contributed by atoms with Crippen molar-refractivity contribution >= 4 is 27.5 Å². The van der Waals surface area contributed by atoms with Crippen LogP contribution in [0, 0.1) is 5.82 Å². The van der Waals surface area contributed by atoms with Gasteiger partial charge in [-0.1, -0.05) is 41.9 Å². The lowest BCUT2D eigenvalue weighted by molar-refractivity contribution is 0.508. The first kappa shape index (κ1) is 14.5. The highest BCUT2D eigenvalue weighted by Gasteiger charge is 2.17. The van der Waals surface area contributed by atoms with Crippen LogP contribution < -0.4 is 11.3 Å². The molecule has 5 heteroatoms. The van der Waals surface area contributed by atoms with Gasteiger partial charge in [-0.15, -0.1) is 0 Å².